The maximum Gasteiger partial charge on any atom is 0.288 e. The van der Waals surface area contributed by atoms with Crippen LogP contribution in [-0.4, -0.2) is 9.91 Å². The van der Waals surface area contributed by atoms with Gasteiger partial charge in [-0.05, 0) is 18.2 Å². The molecular weight excluding hydrogens is 337 g/mol. The summed E-state index contributed by atoms with van der Waals surface area (Å²) < 4.78 is 0. The Labute approximate surface area is 142 Å². The largest absolute Gasteiger partial charge is 0.380 e. The van der Waals surface area contributed by atoms with Crippen LogP contribution in [0.15, 0.2) is 48.8 Å². The van der Waals surface area contributed by atoms with Crippen molar-refractivity contribution in [2.75, 3.05) is 5.32 Å². The number of benzene rings is 2. The number of hydrogen-bond donors (Lipinski definition) is 1. The molecule has 0 unspecified atom stereocenters. The van der Waals surface area contributed by atoms with Crippen LogP contribution in [-0.2, 0) is 6.54 Å². The third kappa shape index (κ3) is 3.06. The minimum Gasteiger partial charge on any atom is -0.380 e. The smallest absolute Gasteiger partial charge is 0.288 e. The highest BCUT2D eigenvalue weighted by Gasteiger charge is 2.18. The van der Waals surface area contributed by atoms with Crippen LogP contribution in [0.25, 0.3) is 10.8 Å². The van der Waals surface area contributed by atoms with E-state index in [1.807, 2.05) is 24.3 Å². The first-order chi connectivity index (χ1) is 11.1. The van der Waals surface area contributed by atoms with Crippen molar-refractivity contribution >= 4 is 45.3 Å². The van der Waals surface area contributed by atoms with Crippen molar-refractivity contribution in [2.24, 2.45) is 0 Å². The molecule has 1 heterocycles. The van der Waals surface area contributed by atoms with Gasteiger partial charge in [0.15, 0.2) is 0 Å². The Balaban J connectivity index is 1.94. The fraction of sp³-hybridized carbons (Fsp3) is 0.0625. The number of nitrogens with zero attached hydrogens (tertiary/aromatic N) is 2. The lowest BCUT2D eigenvalue weighted by Crippen LogP contribution is -2.03. The zero-order valence-electron chi connectivity index (χ0n) is 11.8. The number of aromatic nitrogens is 1. The van der Waals surface area contributed by atoms with Crippen molar-refractivity contribution < 1.29 is 4.92 Å². The molecule has 0 atom stereocenters. The Hall–Kier alpha value is -2.37. The number of rotatable bonds is 4. The van der Waals surface area contributed by atoms with E-state index < -0.39 is 4.92 Å². The summed E-state index contributed by atoms with van der Waals surface area (Å²) in [5.74, 6) is 0. The summed E-state index contributed by atoms with van der Waals surface area (Å²) >= 11 is 12.3. The van der Waals surface area contributed by atoms with E-state index in [-0.39, 0.29) is 17.3 Å². The van der Waals surface area contributed by atoms with Gasteiger partial charge < -0.3 is 5.32 Å². The lowest BCUT2D eigenvalue weighted by molar-refractivity contribution is -0.384. The second-order valence-electron chi connectivity index (χ2n) is 4.87. The molecule has 1 aromatic heterocycles. The van der Waals surface area contributed by atoms with E-state index in [2.05, 4.69) is 10.3 Å². The Bertz CT molecular complexity index is 894. The van der Waals surface area contributed by atoms with E-state index in [1.165, 1.54) is 12.1 Å². The average Bonchev–Trinajstić information content (AvgIpc) is 2.54. The second kappa shape index (κ2) is 6.40. The molecule has 3 aromatic rings. The summed E-state index contributed by atoms with van der Waals surface area (Å²) in [6.07, 6.45) is 3.48. The Morgan fingerprint density at radius 1 is 1.17 bits per heavy atom. The van der Waals surface area contributed by atoms with E-state index >= 15 is 0 Å². The third-order valence-electron chi connectivity index (χ3n) is 3.50. The first-order valence-electron chi connectivity index (χ1n) is 6.76. The highest BCUT2D eigenvalue weighted by Crippen LogP contribution is 2.34. The average molecular weight is 348 g/mol. The molecule has 1 N–H and O–H groups in total. The molecule has 0 amide bonds. The van der Waals surface area contributed by atoms with E-state index in [4.69, 9.17) is 23.2 Å². The summed E-state index contributed by atoms with van der Waals surface area (Å²) in [5, 5.41) is 16.6. The lowest BCUT2D eigenvalue weighted by Gasteiger charge is -2.12. The maximum atomic E-state index is 11.0. The minimum atomic E-state index is -0.522. The van der Waals surface area contributed by atoms with Gasteiger partial charge in [0.1, 0.15) is 5.02 Å². The standard InChI is InChI=1S/C16H11Cl2N3O2/c17-13-4-5-15(21(22)23)16(18)12(13)9-20-14-3-1-2-10-8-19-7-6-11(10)14/h1-8,20H,9H2. The van der Waals surface area contributed by atoms with E-state index in [1.54, 1.807) is 12.4 Å². The van der Waals surface area contributed by atoms with Crippen LogP contribution in [0.3, 0.4) is 0 Å². The molecule has 0 spiro atoms. The lowest BCUT2D eigenvalue weighted by atomic mass is 10.1. The van der Waals surface area contributed by atoms with Gasteiger partial charge in [0, 0.05) is 52.1 Å². The second-order valence-corrected chi connectivity index (χ2v) is 5.66. The zero-order valence-corrected chi connectivity index (χ0v) is 13.3. The fourth-order valence-corrected chi connectivity index (χ4v) is 2.92. The normalized spacial score (nSPS) is 10.7. The van der Waals surface area contributed by atoms with Gasteiger partial charge in [0.05, 0.1) is 4.92 Å². The molecule has 7 heteroatoms. The summed E-state index contributed by atoms with van der Waals surface area (Å²) in [5.41, 5.74) is 1.21. The molecule has 3 rings (SSSR count). The van der Waals surface area contributed by atoms with Gasteiger partial charge in [0.25, 0.3) is 5.69 Å². The predicted molar refractivity (Wildman–Crippen MR) is 92.2 cm³/mol. The van der Waals surface area contributed by atoms with Gasteiger partial charge in [-0.15, -0.1) is 0 Å². The molecule has 2 aromatic carbocycles. The number of nitro benzene ring substituents is 1. The minimum absolute atomic E-state index is 0.0527. The Morgan fingerprint density at radius 3 is 2.78 bits per heavy atom. The van der Waals surface area contributed by atoms with Crippen molar-refractivity contribution in [1.82, 2.24) is 4.98 Å². The molecule has 0 aliphatic rings. The summed E-state index contributed by atoms with van der Waals surface area (Å²) in [6, 6.07) is 10.5. The van der Waals surface area contributed by atoms with Crippen molar-refractivity contribution in [3.8, 4) is 0 Å². The Morgan fingerprint density at radius 2 is 2.00 bits per heavy atom. The first kappa shape index (κ1) is 15.5. The van der Waals surface area contributed by atoms with Gasteiger partial charge >= 0.3 is 0 Å². The van der Waals surface area contributed by atoms with Crippen LogP contribution in [0, 0.1) is 10.1 Å². The maximum absolute atomic E-state index is 11.0. The highest BCUT2D eigenvalue weighted by molar-refractivity contribution is 6.37. The molecule has 116 valence electrons. The summed E-state index contributed by atoms with van der Waals surface area (Å²) in [4.78, 5) is 14.5. The predicted octanol–water partition coefficient (Wildman–Crippen LogP) is 5.06. The number of nitro groups is 1. The number of anilines is 1. The molecule has 0 radical (unpaired) electrons. The summed E-state index contributed by atoms with van der Waals surface area (Å²) in [6.45, 7) is 0.279. The zero-order chi connectivity index (χ0) is 16.4. The third-order valence-corrected chi connectivity index (χ3v) is 4.27. The van der Waals surface area contributed by atoms with Crippen LogP contribution in [0.2, 0.25) is 10.0 Å². The van der Waals surface area contributed by atoms with Gasteiger partial charge in [-0.1, -0.05) is 35.3 Å². The molecule has 0 saturated carbocycles. The molecular formula is C16H11Cl2N3O2. The number of nitrogens with one attached hydrogen (secondary N) is 1. The van der Waals surface area contributed by atoms with Gasteiger partial charge in [0.2, 0.25) is 0 Å². The Kier molecular flexibility index (Phi) is 4.32. The van der Waals surface area contributed by atoms with Crippen molar-refractivity contribution in [3.63, 3.8) is 0 Å². The van der Waals surface area contributed by atoms with E-state index in [9.17, 15) is 10.1 Å². The fourth-order valence-electron chi connectivity index (χ4n) is 2.35. The van der Waals surface area contributed by atoms with Crippen LogP contribution >= 0.6 is 23.2 Å². The van der Waals surface area contributed by atoms with Crippen molar-refractivity contribution in [2.45, 2.75) is 6.54 Å². The van der Waals surface area contributed by atoms with Gasteiger partial charge in [-0.2, -0.15) is 0 Å². The van der Waals surface area contributed by atoms with Crippen LogP contribution in [0.1, 0.15) is 5.56 Å². The molecule has 0 aliphatic carbocycles. The van der Waals surface area contributed by atoms with Crippen LogP contribution in [0.4, 0.5) is 11.4 Å². The van der Waals surface area contributed by atoms with Gasteiger partial charge in [-0.25, -0.2) is 0 Å². The quantitative estimate of drug-likeness (QED) is 0.528. The highest BCUT2D eigenvalue weighted by atomic mass is 35.5. The molecule has 0 fully saturated rings. The number of hydrogen-bond acceptors (Lipinski definition) is 4. The van der Waals surface area contributed by atoms with Crippen LogP contribution in [0.5, 0.6) is 0 Å². The number of fused-ring (bicyclic) bond motifs is 1. The van der Waals surface area contributed by atoms with Crippen LogP contribution < -0.4 is 5.32 Å². The van der Waals surface area contributed by atoms with Gasteiger partial charge in [-0.3, -0.25) is 15.1 Å². The molecule has 0 saturated heterocycles. The number of pyridine rings is 1. The molecule has 23 heavy (non-hydrogen) atoms. The van der Waals surface area contributed by atoms with Crippen molar-refractivity contribution in [3.05, 3.63) is 74.5 Å². The van der Waals surface area contributed by atoms with E-state index in [0.29, 0.717) is 10.6 Å². The van der Waals surface area contributed by atoms with E-state index in [0.717, 1.165) is 16.5 Å². The SMILES string of the molecule is O=[N+]([O-])c1ccc(Cl)c(CNc2cccc3cnccc23)c1Cl. The number of halogens is 2. The topological polar surface area (TPSA) is 68.1 Å². The molecule has 5 nitrogen and oxygen atoms in total. The molecule has 0 aliphatic heterocycles. The van der Waals surface area contributed by atoms with Crippen molar-refractivity contribution in [1.29, 1.82) is 0 Å². The molecule has 0 bridgehead atoms. The summed E-state index contributed by atoms with van der Waals surface area (Å²) in [7, 11) is 0. The first-order valence-corrected chi connectivity index (χ1v) is 7.51. The monoisotopic (exact) mass is 347 g/mol.